The molecule has 2 heteroatoms. The maximum atomic E-state index is 8.56. The Morgan fingerprint density at radius 1 is 1.71 bits per heavy atom. The van der Waals surface area contributed by atoms with Crippen molar-refractivity contribution in [2.45, 2.75) is 18.4 Å². The van der Waals surface area contributed by atoms with E-state index in [1.54, 1.807) is 7.05 Å². The highest BCUT2D eigenvalue weighted by Crippen LogP contribution is 2.41. The summed E-state index contributed by atoms with van der Waals surface area (Å²) < 4.78 is 0. The third kappa shape index (κ3) is 0.763. The Kier molecular flexibility index (Phi) is 1.05. The molecule has 0 heterocycles. The first kappa shape index (κ1) is 5.06. The van der Waals surface area contributed by atoms with Crippen LogP contribution >= 0.6 is 0 Å². The van der Waals surface area contributed by atoms with Gasteiger partial charge < -0.3 is 10.4 Å². The van der Waals surface area contributed by atoms with Crippen molar-refractivity contribution in [3.8, 4) is 0 Å². The molecule has 0 saturated heterocycles. The lowest BCUT2D eigenvalue weighted by atomic mass is 10.3. The topological polar surface area (TPSA) is 34.3 Å². The molecule has 1 rings (SSSR count). The van der Waals surface area contributed by atoms with Crippen LogP contribution in [0.15, 0.2) is 0 Å². The van der Waals surface area contributed by atoms with E-state index >= 15 is 0 Å². The number of rotatable bonds is 2. The summed E-state index contributed by atoms with van der Waals surface area (Å²) in [5.74, 6) is 0. The third-order valence-electron chi connectivity index (χ3n) is 1.60. The van der Waals surface area contributed by atoms with Crippen molar-refractivity contribution in [3.05, 3.63) is 5.32 Å². The monoisotopic (exact) mass is 100 g/mol. The van der Waals surface area contributed by atoms with E-state index in [9.17, 15) is 0 Å². The predicted molar refractivity (Wildman–Crippen MR) is 28.3 cm³/mol. The summed E-state index contributed by atoms with van der Waals surface area (Å²) in [5, 5.41) is 12.6. The minimum Gasteiger partial charge on any atom is -0.658 e. The summed E-state index contributed by atoms with van der Waals surface area (Å²) >= 11 is 0. The molecule has 0 aromatic heterocycles. The average molecular weight is 100 g/mol. The lowest BCUT2D eigenvalue weighted by Crippen LogP contribution is -2.10. The summed E-state index contributed by atoms with van der Waals surface area (Å²) in [6, 6.07) is 0. The van der Waals surface area contributed by atoms with Crippen molar-refractivity contribution in [1.29, 1.82) is 0 Å². The van der Waals surface area contributed by atoms with E-state index in [0.717, 1.165) is 12.8 Å². The van der Waals surface area contributed by atoms with Gasteiger partial charge in [-0.25, -0.2) is 0 Å². The van der Waals surface area contributed by atoms with Gasteiger partial charge in [0.1, 0.15) is 0 Å². The number of aliphatic hydroxyl groups is 1. The second-order valence-electron chi connectivity index (χ2n) is 2.11. The zero-order chi connectivity index (χ0) is 5.33. The minimum atomic E-state index is 0.0139. The molecule has 0 aromatic rings. The quantitative estimate of drug-likeness (QED) is 0.539. The molecule has 0 spiro atoms. The number of likely N-dealkylation sites (N-methyl/N-ethyl adjacent to an activating group) is 1. The molecule has 0 bridgehead atoms. The van der Waals surface area contributed by atoms with Crippen LogP contribution in [-0.2, 0) is 0 Å². The van der Waals surface area contributed by atoms with Crippen LogP contribution in [0.2, 0.25) is 0 Å². The Labute approximate surface area is 43.5 Å². The fraction of sp³-hybridized carbons (Fsp3) is 1.00. The van der Waals surface area contributed by atoms with Gasteiger partial charge in [0.15, 0.2) is 0 Å². The number of nitrogens with zero attached hydrogens (tertiary/aromatic N) is 1. The zero-order valence-corrected chi connectivity index (χ0v) is 4.52. The molecule has 7 heavy (non-hydrogen) atoms. The molecule has 0 aromatic carbocycles. The molecule has 1 saturated carbocycles. The van der Waals surface area contributed by atoms with Gasteiger partial charge in [-0.3, -0.25) is 0 Å². The molecule has 0 unspecified atom stereocenters. The lowest BCUT2D eigenvalue weighted by molar-refractivity contribution is 0.270. The summed E-state index contributed by atoms with van der Waals surface area (Å²) in [6.07, 6.45) is 2.17. The van der Waals surface area contributed by atoms with E-state index < -0.39 is 0 Å². The normalized spacial score (nSPS) is 24.9. The highest BCUT2D eigenvalue weighted by Gasteiger charge is 2.30. The molecule has 0 aliphatic heterocycles. The molecule has 0 amide bonds. The largest absolute Gasteiger partial charge is 0.658 e. The van der Waals surface area contributed by atoms with Crippen molar-refractivity contribution in [2.24, 2.45) is 0 Å². The molecule has 1 aliphatic rings. The molecule has 2 nitrogen and oxygen atoms in total. The molecule has 1 fully saturated rings. The van der Waals surface area contributed by atoms with Crippen LogP contribution in [0.3, 0.4) is 0 Å². The van der Waals surface area contributed by atoms with Crippen molar-refractivity contribution in [1.82, 2.24) is 0 Å². The standard InChI is InChI=1S/C5H10NO/c1-6-5(4-7)2-3-5/h7H,2-4H2,1H3/q-1. The second-order valence-corrected chi connectivity index (χ2v) is 2.11. The van der Waals surface area contributed by atoms with E-state index in [1.807, 2.05) is 0 Å². The van der Waals surface area contributed by atoms with Gasteiger partial charge in [-0.05, 0) is 0 Å². The Balaban J connectivity index is 2.28. The van der Waals surface area contributed by atoms with E-state index in [-0.39, 0.29) is 12.1 Å². The van der Waals surface area contributed by atoms with Crippen LogP contribution < -0.4 is 0 Å². The highest BCUT2D eigenvalue weighted by atomic mass is 16.3. The summed E-state index contributed by atoms with van der Waals surface area (Å²) in [7, 11) is 1.77. The van der Waals surface area contributed by atoms with Gasteiger partial charge in [0.25, 0.3) is 0 Å². The van der Waals surface area contributed by atoms with Gasteiger partial charge in [-0.1, -0.05) is 12.8 Å². The summed E-state index contributed by atoms with van der Waals surface area (Å²) in [6.45, 7) is 0.240. The van der Waals surface area contributed by atoms with Crippen molar-refractivity contribution < 1.29 is 5.11 Å². The van der Waals surface area contributed by atoms with E-state index in [2.05, 4.69) is 5.32 Å². The molecular weight excluding hydrogens is 90.1 g/mol. The lowest BCUT2D eigenvalue weighted by Gasteiger charge is -2.23. The van der Waals surface area contributed by atoms with Crippen molar-refractivity contribution in [3.63, 3.8) is 0 Å². The van der Waals surface area contributed by atoms with Crippen molar-refractivity contribution >= 4 is 0 Å². The molecule has 0 atom stereocenters. The molecule has 0 radical (unpaired) electrons. The van der Waals surface area contributed by atoms with Gasteiger partial charge in [0.05, 0.1) is 0 Å². The zero-order valence-electron chi connectivity index (χ0n) is 4.52. The minimum absolute atomic E-state index is 0.0139. The molecule has 1 aliphatic carbocycles. The second kappa shape index (κ2) is 1.46. The van der Waals surface area contributed by atoms with Gasteiger partial charge in [-0.2, -0.15) is 7.05 Å². The summed E-state index contributed by atoms with van der Waals surface area (Å²) in [4.78, 5) is 0. The van der Waals surface area contributed by atoms with Crippen LogP contribution in [0.25, 0.3) is 5.32 Å². The van der Waals surface area contributed by atoms with E-state index in [1.165, 1.54) is 0 Å². The van der Waals surface area contributed by atoms with E-state index in [4.69, 9.17) is 5.11 Å². The van der Waals surface area contributed by atoms with Crippen molar-refractivity contribution in [2.75, 3.05) is 13.7 Å². The predicted octanol–water partition coefficient (Wildman–Crippen LogP) is 0.515. The smallest absolute Gasteiger partial charge is 0.0298 e. The van der Waals surface area contributed by atoms with Gasteiger partial charge in [-0.15, -0.1) is 5.54 Å². The average Bonchev–Trinajstić information content (AvgIpc) is 2.46. The fourth-order valence-electron chi connectivity index (χ4n) is 0.597. The van der Waals surface area contributed by atoms with E-state index in [0.29, 0.717) is 0 Å². The molecule has 1 N–H and O–H groups in total. The third-order valence-corrected chi connectivity index (χ3v) is 1.60. The highest BCUT2D eigenvalue weighted by molar-refractivity contribution is 5.15. The van der Waals surface area contributed by atoms with Crippen LogP contribution in [-0.4, -0.2) is 24.3 Å². The first-order chi connectivity index (χ1) is 3.33. The first-order valence-electron chi connectivity index (χ1n) is 2.55. The number of hydrogen-bond acceptors (Lipinski definition) is 1. The van der Waals surface area contributed by atoms with Crippen LogP contribution in [0, 0.1) is 0 Å². The van der Waals surface area contributed by atoms with Crippen LogP contribution in [0.1, 0.15) is 12.8 Å². The first-order valence-corrected chi connectivity index (χ1v) is 2.55. The molecule has 42 valence electrons. The maximum absolute atomic E-state index is 8.56. The maximum Gasteiger partial charge on any atom is 0.0298 e. The Hall–Kier alpha value is -0.0800. The Morgan fingerprint density at radius 2 is 2.29 bits per heavy atom. The summed E-state index contributed by atoms with van der Waals surface area (Å²) in [5.41, 5.74) is 0.0139. The fourth-order valence-corrected chi connectivity index (χ4v) is 0.597. The number of aliphatic hydroxyl groups excluding tert-OH is 1. The number of hydrogen-bond donors (Lipinski definition) is 1. The van der Waals surface area contributed by atoms with Crippen LogP contribution in [0.5, 0.6) is 0 Å². The van der Waals surface area contributed by atoms with Gasteiger partial charge >= 0.3 is 0 Å². The van der Waals surface area contributed by atoms with Gasteiger partial charge in [0.2, 0.25) is 0 Å². The van der Waals surface area contributed by atoms with Crippen LogP contribution in [0.4, 0.5) is 0 Å². The van der Waals surface area contributed by atoms with Gasteiger partial charge in [0, 0.05) is 6.61 Å². The molecular formula is C5H10NO-. The SMILES string of the molecule is C[N-]C1(CO)CC1. The Bertz CT molecular complexity index is 62.5. The Morgan fingerprint density at radius 3 is 2.29 bits per heavy atom.